The Morgan fingerprint density at radius 1 is 1.22 bits per heavy atom. The van der Waals surface area contributed by atoms with Crippen LogP contribution in [-0.2, 0) is 4.79 Å². The maximum Gasteiger partial charge on any atom is 0.226 e. The van der Waals surface area contributed by atoms with Crippen molar-refractivity contribution in [3.63, 3.8) is 0 Å². The molecule has 2 saturated heterocycles. The topological polar surface area (TPSA) is 61.0 Å². The van der Waals surface area contributed by atoms with E-state index in [2.05, 4.69) is 20.2 Å². The van der Waals surface area contributed by atoms with E-state index in [-0.39, 0.29) is 24.8 Å². The van der Waals surface area contributed by atoms with Crippen LogP contribution in [0.4, 0.5) is 0 Å². The molecule has 1 spiro atoms. The molecular formula is C16H26Cl2N4O. The van der Waals surface area contributed by atoms with Gasteiger partial charge in [-0.15, -0.1) is 24.8 Å². The summed E-state index contributed by atoms with van der Waals surface area (Å²) in [6.07, 6.45) is 9.29. The smallest absolute Gasteiger partial charge is 0.226 e. The number of aromatic amines is 1. The predicted octanol–water partition coefficient (Wildman–Crippen LogP) is 2.35. The minimum Gasteiger partial charge on any atom is -0.348 e. The third-order valence-electron chi connectivity index (χ3n) is 5.80. The number of rotatable bonds is 2. The molecule has 1 aromatic rings. The van der Waals surface area contributed by atoms with Crippen molar-refractivity contribution in [2.45, 2.75) is 38.0 Å². The number of carbonyl (C=O) groups is 1. The summed E-state index contributed by atoms with van der Waals surface area (Å²) in [5.41, 5.74) is 0.361. The molecule has 7 heteroatoms. The number of H-pyrrole nitrogens is 1. The van der Waals surface area contributed by atoms with Gasteiger partial charge in [0.2, 0.25) is 5.91 Å². The molecule has 1 atom stereocenters. The number of hydrogen-bond donors (Lipinski definition) is 2. The fourth-order valence-electron chi connectivity index (χ4n) is 4.27. The van der Waals surface area contributed by atoms with E-state index in [0.29, 0.717) is 23.2 Å². The molecule has 3 aliphatic rings. The predicted molar refractivity (Wildman–Crippen MR) is 94.3 cm³/mol. The Morgan fingerprint density at radius 3 is 2.52 bits per heavy atom. The summed E-state index contributed by atoms with van der Waals surface area (Å²) in [4.78, 5) is 22.4. The molecule has 0 bridgehead atoms. The molecule has 130 valence electrons. The second-order valence-corrected chi connectivity index (χ2v) is 6.94. The first-order valence-electron chi connectivity index (χ1n) is 8.27. The quantitative estimate of drug-likeness (QED) is 0.850. The summed E-state index contributed by atoms with van der Waals surface area (Å²) in [7, 11) is 0. The van der Waals surface area contributed by atoms with Crippen molar-refractivity contribution < 1.29 is 4.79 Å². The summed E-state index contributed by atoms with van der Waals surface area (Å²) in [5, 5.41) is 3.41. The number of hydrogen-bond acceptors (Lipinski definition) is 3. The van der Waals surface area contributed by atoms with Crippen LogP contribution in [0, 0.1) is 11.3 Å². The van der Waals surface area contributed by atoms with Crippen LogP contribution in [0.5, 0.6) is 0 Å². The van der Waals surface area contributed by atoms with E-state index in [0.717, 1.165) is 51.3 Å². The molecule has 1 aliphatic carbocycles. The minimum absolute atomic E-state index is 0. The molecule has 2 aliphatic heterocycles. The molecule has 4 rings (SSSR count). The van der Waals surface area contributed by atoms with E-state index in [9.17, 15) is 4.79 Å². The van der Waals surface area contributed by atoms with Gasteiger partial charge in [-0.05, 0) is 50.6 Å². The number of nitrogens with one attached hydrogen (secondary N) is 2. The molecule has 1 amide bonds. The zero-order valence-corrected chi connectivity index (χ0v) is 14.9. The van der Waals surface area contributed by atoms with Crippen LogP contribution in [0.2, 0.25) is 0 Å². The third kappa shape index (κ3) is 3.52. The molecule has 2 N–H and O–H groups in total. The lowest BCUT2D eigenvalue weighted by atomic mass is 9.91. The van der Waals surface area contributed by atoms with Crippen LogP contribution in [0.15, 0.2) is 12.4 Å². The zero-order chi connectivity index (χ0) is 14.3. The molecule has 3 fully saturated rings. The Bertz CT molecular complexity index is 508. The average molecular weight is 361 g/mol. The van der Waals surface area contributed by atoms with E-state index < -0.39 is 0 Å². The lowest BCUT2D eigenvalue weighted by Gasteiger charge is -2.32. The first-order valence-corrected chi connectivity index (χ1v) is 8.27. The monoisotopic (exact) mass is 360 g/mol. The Morgan fingerprint density at radius 2 is 1.91 bits per heavy atom. The summed E-state index contributed by atoms with van der Waals surface area (Å²) < 4.78 is 0. The molecule has 0 aromatic carbocycles. The Hall–Kier alpha value is -0.780. The largest absolute Gasteiger partial charge is 0.348 e. The molecule has 1 saturated carbocycles. The van der Waals surface area contributed by atoms with Gasteiger partial charge in [0.05, 0.1) is 0 Å². The second kappa shape index (κ2) is 7.41. The number of likely N-dealkylation sites (tertiary alicyclic amines) is 1. The molecule has 1 unspecified atom stereocenters. The number of halogens is 2. The van der Waals surface area contributed by atoms with Crippen molar-refractivity contribution in [1.29, 1.82) is 0 Å². The number of imidazole rings is 1. The van der Waals surface area contributed by atoms with E-state index in [1.165, 1.54) is 12.8 Å². The van der Waals surface area contributed by atoms with Crippen LogP contribution in [-0.4, -0.2) is 47.0 Å². The summed E-state index contributed by atoms with van der Waals surface area (Å²) in [6.45, 7) is 3.97. The standard InChI is InChI=1S/C16H24N4O.2ClH/c21-15(13-11-16(13)3-5-17-6-4-16)20-9-1-12(2-10-20)14-18-7-8-19-14;;/h7-8,12-13,17H,1-6,9-11H2,(H,18,19);2*1H. The van der Waals surface area contributed by atoms with E-state index in [4.69, 9.17) is 0 Å². The van der Waals surface area contributed by atoms with Crippen LogP contribution in [0.1, 0.15) is 43.8 Å². The van der Waals surface area contributed by atoms with Crippen molar-refractivity contribution in [2.24, 2.45) is 11.3 Å². The van der Waals surface area contributed by atoms with Crippen molar-refractivity contribution in [1.82, 2.24) is 20.2 Å². The van der Waals surface area contributed by atoms with E-state index in [1.54, 1.807) is 0 Å². The molecule has 3 heterocycles. The fraction of sp³-hybridized carbons (Fsp3) is 0.750. The lowest BCUT2D eigenvalue weighted by Crippen LogP contribution is -2.41. The van der Waals surface area contributed by atoms with Gasteiger partial charge < -0.3 is 15.2 Å². The van der Waals surface area contributed by atoms with Gasteiger partial charge in [-0.2, -0.15) is 0 Å². The van der Waals surface area contributed by atoms with E-state index >= 15 is 0 Å². The summed E-state index contributed by atoms with van der Waals surface area (Å²) >= 11 is 0. The number of nitrogens with zero attached hydrogens (tertiary/aromatic N) is 2. The maximum atomic E-state index is 12.7. The van der Waals surface area contributed by atoms with Crippen LogP contribution in [0.3, 0.4) is 0 Å². The van der Waals surface area contributed by atoms with Crippen LogP contribution < -0.4 is 5.32 Å². The van der Waals surface area contributed by atoms with Crippen molar-refractivity contribution >= 4 is 30.7 Å². The van der Waals surface area contributed by atoms with E-state index in [1.807, 2.05) is 12.4 Å². The highest BCUT2D eigenvalue weighted by molar-refractivity contribution is 5.85. The van der Waals surface area contributed by atoms with Gasteiger partial charge in [0.15, 0.2) is 0 Å². The Labute approximate surface area is 149 Å². The van der Waals surface area contributed by atoms with Crippen LogP contribution >= 0.6 is 24.8 Å². The summed E-state index contributed by atoms with van der Waals surface area (Å²) in [6, 6.07) is 0. The SMILES string of the molecule is Cl.Cl.O=C(C1CC12CCNCC2)N1CCC(c2ncc[nH]2)CC1. The molecule has 0 radical (unpaired) electrons. The first kappa shape index (κ1) is 18.6. The first-order chi connectivity index (χ1) is 10.3. The van der Waals surface area contributed by atoms with Gasteiger partial charge in [0, 0.05) is 37.3 Å². The number of aromatic nitrogens is 2. The number of amides is 1. The van der Waals surface area contributed by atoms with Gasteiger partial charge in [-0.1, -0.05) is 0 Å². The Balaban J connectivity index is 0.000000960. The normalized spacial score (nSPS) is 26.3. The number of carbonyl (C=O) groups excluding carboxylic acids is 1. The summed E-state index contributed by atoms with van der Waals surface area (Å²) in [5.74, 6) is 2.33. The Kier molecular flexibility index (Phi) is 5.98. The lowest BCUT2D eigenvalue weighted by molar-refractivity contribution is -0.134. The third-order valence-corrected chi connectivity index (χ3v) is 5.80. The van der Waals surface area contributed by atoms with Crippen molar-refractivity contribution in [3.8, 4) is 0 Å². The van der Waals surface area contributed by atoms with Crippen molar-refractivity contribution in [3.05, 3.63) is 18.2 Å². The molecule has 5 nitrogen and oxygen atoms in total. The van der Waals surface area contributed by atoms with Gasteiger partial charge in [-0.25, -0.2) is 4.98 Å². The van der Waals surface area contributed by atoms with Gasteiger partial charge in [0.25, 0.3) is 0 Å². The molecular weight excluding hydrogens is 335 g/mol. The average Bonchev–Trinajstić information content (AvgIpc) is 2.99. The fourth-order valence-corrected chi connectivity index (χ4v) is 4.27. The highest BCUT2D eigenvalue weighted by Gasteiger charge is 2.58. The minimum atomic E-state index is 0. The van der Waals surface area contributed by atoms with Gasteiger partial charge >= 0.3 is 0 Å². The van der Waals surface area contributed by atoms with Crippen LogP contribution in [0.25, 0.3) is 0 Å². The zero-order valence-electron chi connectivity index (χ0n) is 13.3. The maximum absolute atomic E-state index is 12.7. The number of piperidine rings is 2. The molecule has 1 aromatic heterocycles. The van der Waals surface area contributed by atoms with Gasteiger partial charge in [-0.3, -0.25) is 4.79 Å². The molecule has 23 heavy (non-hydrogen) atoms. The second-order valence-electron chi connectivity index (χ2n) is 6.94. The van der Waals surface area contributed by atoms with Crippen molar-refractivity contribution in [2.75, 3.05) is 26.2 Å². The highest BCUT2D eigenvalue weighted by Crippen LogP contribution is 2.59. The van der Waals surface area contributed by atoms with Gasteiger partial charge in [0.1, 0.15) is 5.82 Å². The highest BCUT2D eigenvalue weighted by atomic mass is 35.5.